The van der Waals surface area contributed by atoms with Gasteiger partial charge in [0.15, 0.2) is 5.76 Å². The summed E-state index contributed by atoms with van der Waals surface area (Å²) >= 11 is 0. The molecule has 0 aliphatic carbocycles. The van der Waals surface area contributed by atoms with E-state index in [9.17, 15) is 13.6 Å². The second-order valence-corrected chi connectivity index (χ2v) is 8.36. The van der Waals surface area contributed by atoms with E-state index < -0.39 is 23.9 Å². The normalized spacial score (nSPS) is 12.8. The van der Waals surface area contributed by atoms with Gasteiger partial charge in [0.25, 0.3) is 5.91 Å². The molecule has 5 rings (SSSR count). The fourth-order valence-electron chi connectivity index (χ4n) is 4.12. The summed E-state index contributed by atoms with van der Waals surface area (Å²) in [7, 11) is 1.50. The monoisotopic (exact) mass is 503 g/mol. The molecule has 188 valence electrons. The Kier molecular flexibility index (Phi) is 6.96. The predicted octanol–water partition coefficient (Wildman–Crippen LogP) is 5.46. The van der Waals surface area contributed by atoms with Crippen molar-refractivity contribution in [2.24, 2.45) is 0 Å². The van der Waals surface area contributed by atoms with Crippen LogP contribution in [0.4, 0.5) is 8.78 Å². The number of nitrogens with one attached hydrogen (secondary N) is 1. The largest absolute Gasteiger partial charge is 0.483 e. The van der Waals surface area contributed by atoms with E-state index in [1.807, 2.05) is 6.07 Å². The topological polar surface area (TPSA) is 78.5 Å². The first kappa shape index (κ1) is 24.2. The third kappa shape index (κ3) is 5.36. The van der Waals surface area contributed by atoms with Crippen LogP contribution in [0.3, 0.4) is 0 Å². The summed E-state index contributed by atoms with van der Waals surface area (Å²) in [6.07, 6.45) is 2.29. The van der Waals surface area contributed by atoms with Gasteiger partial charge in [0.2, 0.25) is 0 Å². The first-order chi connectivity index (χ1) is 18.0. The Morgan fingerprint density at radius 3 is 2.59 bits per heavy atom. The Hall–Kier alpha value is -4.50. The molecule has 0 saturated carbocycles. The molecular formula is C28H23F2N3O4. The minimum Gasteiger partial charge on any atom is -0.483 e. The molecule has 0 bridgehead atoms. The van der Waals surface area contributed by atoms with E-state index >= 15 is 0 Å². The Balaban J connectivity index is 1.47. The smallest absolute Gasteiger partial charge is 0.287 e. The second-order valence-electron chi connectivity index (χ2n) is 8.36. The number of amides is 1. The quantitative estimate of drug-likeness (QED) is 0.289. The Morgan fingerprint density at radius 2 is 1.86 bits per heavy atom. The summed E-state index contributed by atoms with van der Waals surface area (Å²) in [6.45, 7) is 0.0956. The number of methoxy groups -OCH3 is 1. The van der Waals surface area contributed by atoms with Crippen LogP contribution in [0.2, 0.25) is 0 Å². The maximum atomic E-state index is 14.2. The maximum Gasteiger partial charge on any atom is 0.287 e. The summed E-state index contributed by atoms with van der Waals surface area (Å²) in [4.78, 5) is 12.8. The Morgan fingerprint density at radius 1 is 1.03 bits per heavy atom. The minimum atomic E-state index is -0.792. The number of nitrogens with zero attached hydrogens (tertiary/aromatic N) is 2. The average Bonchev–Trinajstić information content (AvgIpc) is 3.58. The van der Waals surface area contributed by atoms with Gasteiger partial charge in [-0.1, -0.05) is 12.1 Å². The van der Waals surface area contributed by atoms with Crippen molar-refractivity contribution >= 4 is 16.8 Å². The first-order valence-electron chi connectivity index (χ1n) is 11.5. The number of benzene rings is 3. The first-order valence-corrected chi connectivity index (χ1v) is 11.5. The van der Waals surface area contributed by atoms with Gasteiger partial charge in [0, 0.05) is 12.5 Å². The number of fused-ring (bicyclic) bond motifs is 1. The fourth-order valence-corrected chi connectivity index (χ4v) is 4.12. The van der Waals surface area contributed by atoms with E-state index in [-0.39, 0.29) is 18.2 Å². The lowest BCUT2D eigenvalue weighted by Gasteiger charge is -2.28. The van der Waals surface area contributed by atoms with Crippen LogP contribution in [0.15, 0.2) is 95.7 Å². The highest BCUT2D eigenvalue weighted by atomic mass is 19.1. The van der Waals surface area contributed by atoms with Crippen LogP contribution in [0.25, 0.3) is 16.6 Å². The molecule has 1 amide bonds. The molecule has 2 atom stereocenters. The third-order valence-electron chi connectivity index (χ3n) is 5.82. The summed E-state index contributed by atoms with van der Waals surface area (Å²) in [5.74, 6) is -0.602. The van der Waals surface area contributed by atoms with Gasteiger partial charge in [-0.3, -0.25) is 4.79 Å². The Bertz CT molecular complexity index is 1500. The highest BCUT2D eigenvalue weighted by Crippen LogP contribution is 2.30. The number of carbonyl (C=O) groups is 1. The highest BCUT2D eigenvalue weighted by Gasteiger charge is 2.29. The van der Waals surface area contributed by atoms with Crippen LogP contribution < -0.4 is 10.1 Å². The molecule has 2 heterocycles. The third-order valence-corrected chi connectivity index (χ3v) is 5.82. The highest BCUT2D eigenvalue weighted by molar-refractivity contribution is 5.91. The van der Waals surface area contributed by atoms with Crippen molar-refractivity contribution < 1.29 is 27.5 Å². The van der Waals surface area contributed by atoms with Crippen LogP contribution in [0.1, 0.15) is 22.2 Å². The fraction of sp³-hybridized carbons (Fsp3) is 0.143. The number of halogens is 2. The van der Waals surface area contributed by atoms with E-state index in [0.29, 0.717) is 17.0 Å². The van der Waals surface area contributed by atoms with Crippen molar-refractivity contribution in [2.75, 3.05) is 13.7 Å². The molecule has 0 aliphatic heterocycles. The summed E-state index contributed by atoms with van der Waals surface area (Å²) in [5, 5.41) is 8.07. The minimum absolute atomic E-state index is 0.0956. The van der Waals surface area contributed by atoms with E-state index in [0.717, 1.165) is 10.9 Å². The summed E-state index contributed by atoms with van der Waals surface area (Å²) < 4.78 is 46.1. The number of aromatic nitrogens is 2. The van der Waals surface area contributed by atoms with Crippen LogP contribution in [-0.4, -0.2) is 35.4 Å². The lowest BCUT2D eigenvalue weighted by atomic mass is 10.0. The zero-order chi connectivity index (χ0) is 25.8. The summed E-state index contributed by atoms with van der Waals surface area (Å²) in [5.41, 5.74) is 2.02. The van der Waals surface area contributed by atoms with Gasteiger partial charge in [0.1, 0.15) is 23.5 Å². The molecule has 2 aromatic heterocycles. The zero-order valence-corrected chi connectivity index (χ0v) is 19.8. The molecule has 3 aromatic carbocycles. The Labute approximate surface area is 211 Å². The number of hydrogen-bond donors (Lipinski definition) is 1. The van der Waals surface area contributed by atoms with Crippen molar-refractivity contribution in [1.82, 2.24) is 15.1 Å². The molecule has 0 radical (unpaired) electrons. The molecule has 7 nitrogen and oxygen atoms in total. The lowest BCUT2D eigenvalue weighted by molar-refractivity contribution is 0.0666. The van der Waals surface area contributed by atoms with Gasteiger partial charge in [-0.05, 0) is 72.3 Å². The van der Waals surface area contributed by atoms with Crippen LogP contribution in [0.5, 0.6) is 5.75 Å². The molecular weight excluding hydrogens is 480 g/mol. The molecule has 0 unspecified atom stereocenters. The van der Waals surface area contributed by atoms with Crippen molar-refractivity contribution in [3.8, 4) is 11.4 Å². The molecule has 0 spiro atoms. The molecule has 1 N–H and O–H groups in total. The van der Waals surface area contributed by atoms with Crippen molar-refractivity contribution in [3.63, 3.8) is 0 Å². The molecule has 5 aromatic rings. The SMILES string of the molecule is COC[C@H](NC(=O)c1ccco1)[C@H](Oc1ccc2c(cnn2-c2ccc(F)cc2)c1)c1cccc(F)c1. The molecule has 9 heteroatoms. The van der Waals surface area contributed by atoms with Gasteiger partial charge >= 0.3 is 0 Å². The maximum absolute atomic E-state index is 14.2. The number of ether oxygens (including phenoxy) is 2. The van der Waals surface area contributed by atoms with Crippen molar-refractivity contribution in [1.29, 1.82) is 0 Å². The number of furan rings is 1. The van der Waals surface area contributed by atoms with Gasteiger partial charge in [-0.15, -0.1) is 0 Å². The van der Waals surface area contributed by atoms with Gasteiger partial charge < -0.3 is 19.2 Å². The molecule has 0 fully saturated rings. The van der Waals surface area contributed by atoms with Crippen molar-refractivity contribution in [3.05, 3.63) is 114 Å². The average molecular weight is 504 g/mol. The number of carbonyl (C=O) groups excluding carboxylic acids is 1. The summed E-state index contributed by atoms with van der Waals surface area (Å²) in [6, 6.07) is 19.9. The zero-order valence-electron chi connectivity index (χ0n) is 19.8. The second kappa shape index (κ2) is 10.6. The van der Waals surface area contributed by atoms with Crippen LogP contribution in [0, 0.1) is 11.6 Å². The van der Waals surface area contributed by atoms with Gasteiger partial charge in [0.05, 0.1) is 36.3 Å². The molecule has 0 aliphatic rings. The van der Waals surface area contributed by atoms with Crippen LogP contribution >= 0.6 is 0 Å². The van der Waals surface area contributed by atoms with Crippen LogP contribution in [-0.2, 0) is 4.74 Å². The van der Waals surface area contributed by atoms with Crippen molar-refractivity contribution in [2.45, 2.75) is 12.1 Å². The van der Waals surface area contributed by atoms with Gasteiger partial charge in [-0.25, -0.2) is 13.5 Å². The number of rotatable bonds is 9. The van der Waals surface area contributed by atoms with E-state index in [4.69, 9.17) is 13.9 Å². The van der Waals surface area contributed by atoms with E-state index in [1.165, 1.54) is 37.6 Å². The number of hydrogen-bond acceptors (Lipinski definition) is 5. The van der Waals surface area contributed by atoms with E-state index in [2.05, 4.69) is 10.4 Å². The van der Waals surface area contributed by atoms with Gasteiger partial charge in [-0.2, -0.15) is 5.10 Å². The van der Waals surface area contributed by atoms with E-state index in [1.54, 1.807) is 59.4 Å². The predicted molar refractivity (Wildman–Crippen MR) is 133 cm³/mol. The standard InChI is InChI=1S/C28H23F2N3O4/c1-35-17-24(32-28(34)26-6-3-13-36-26)27(18-4-2-5-21(30)14-18)37-23-11-12-25-19(15-23)16-31-33(25)22-9-7-20(29)8-10-22/h2-16,24,27H,17H2,1H3,(H,32,34)/t24-,27+/m0/s1. The molecule has 0 saturated heterocycles. The lowest BCUT2D eigenvalue weighted by Crippen LogP contribution is -2.44. The molecule has 37 heavy (non-hydrogen) atoms.